The standard InChI is InChI=1S/C10H19BO4/c1-7(6-8(12)13)11-14-9(2,3)10(4,5)15-11/h7H,6H2,1-5H3,(H,12,13). The second kappa shape index (κ2) is 3.79. The van der Waals surface area contributed by atoms with Crippen LogP contribution in [-0.4, -0.2) is 29.4 Å². The first kappa shape index (κ1) is 12.5. The van der Waals surface area contributed by atoms with E-state index in [4.69, 9.17) is 14.4 Å². The number of hydrogen-bond donors (Lipinski definition) is 1. The fourth-order valence-corrected chi connectivity index (χ4v) is 1.49. The first-order valence-corrected chi connectivity index (χ1v) is 5.23. The summed E-state index contributed by atoms with van der Waals surface area (Å²) in [6, 6.07) is 0. The molecule has 0 saturated carbocycles. The lowest BCUT2D eigenvalue weighted by Crippen LogP contribution is -2.41. The van der Waals surface area contributed by atoms with Gasteiger partial charge >= 0.3 is 13.1 Å². The van der Waals surface area contributed by atoms with Crippen molar-refractivity contribution in [3.8, 4) is 0 Å². The summed E-state index contributed by atoms with van der Waals surface area (Å²) in [6.45, 7) is 9.66. The zero-order valence-corrected chi connectivity index (χ0v) is 10.0. The molecule has 1 fully saturated rings. The van der Waals surface area contributed by atoms with Crippen LogP contribution in [0.3, 0.4) is 0 Å². The normalized spacial score (nSPS) is 25.3. The zero-order valence-electron chi connectivity index (χ0n) is 10.0. The van der Waals surface area contributed by atoms with E-state index in [1.807, 2.05) is 34.6 Å². The van der Waals surface area contributed by atoms with Crippen LogP contribution in [0, 0.1) is 0 Å². The molecule has 1 aliphatic rings. The predicted octanol–water partition coefficient (Wildman–Crippen LogP) is 1.94. The molecular weight excluding hydrogens is 195 g/mol. The van der Waals surface area contributed by atoms with Crippen molar-refractivity contribution in [3.63, 3.8) is 0 Å². The van der Waals surface area contributed by atoms with E-state index in [2.05, 4.69) is 0 Å². The van der Waals surface area contributed by atoms with Gasteiger partial charge in [-0.3, -0.25) is 4.79 Å². The van der Waals surface area contributed by atoms with Crippen molar-refractivity contribution in [2.24, 2.45) is 0 Å². The molecule has 0 aromatic heterocycles. The average Bonchev–Trinajstić information content (AvgIpc) is 2.20. The Kier molecular flexibility index (Phi) is 3.17. The summed E-state index contributed by atoms with van der Waals surface area (Å²) in [5.74, 6) is -0.958. The topological polar surface area (TPSA) is 55.8 Å². The molecule has 15 heavy (non-hydrogen) atoms. The third-order valence-corrected chi connectivity index (χ3v) is 3.23. The lowest BCUT2D eigenvalue weighted by Gasteiger charge is -2.32. The predicted molar refractivity (Wildman–Crippen MR) is 57.8 cm³/mol. The summed E-state index contributed by atoms with van der Waals surface area (Å²) in [6.07, 6.45) is 0.0663. The highest BCUT2D eigenvalue weighted by Gasteiger charge is 2.52. The van der Waals surface area contributed by atoms with Gasteiger partial charge in [0.2, 0.25) is 0 Å². The molecule has 0 aliphatic carbocycles. The van der Waals surface area contributed by atoms with Crippen LogP contribution in [0.15, 0.2) is 0 Å². The largest absolute Gasteiger partial charge is 0.481 e. The third-order valence-electron chi connectivity index (χ3n) is 3.23. The van der Waals surface area contributed by atoms with E-state index in [-0.39, 0.29) is 23.4 Å². The highest BCUT2D eigenvalue weighted by Crippen LogP contribution is 2.40. The Morgan fingerprint density at radius 2 is 1.67 bits per heavy atom. The summed E-state index contributed by atoms with van der Waals surface area (Å²) in [5.41, 5.74) is -0.769. The van der Waals surface area contributed by atoms with Crippen LogP contribution < -0.4 is 0 Å². The Morgan fingerprint density at radius 3 is 2.00 bits per heavy atom. The number of carboxylic acid groups (broad SMARTS) is 1. The molecule has 1 atom stereocenters. The van der Waals surface area contributed by atoms with Gasteiger partial charge in [-0.05, 0) is 27.7 Å². The minimum Gasteiger partial charge on any atom is -0.481 e. The van der Waals surface area contributed by atoms with E-state index in [1.54, 1.807) is 0 Å². The van der Waals surface area contributed by atoms with E-state index in [0.29, 0.717) is 0 Å². The van der Waals surface area contributed by atoms with Crippen LogP contribution in [0.25, 0.3) is 0 Å². The first-order valence-electron chi connectivity index (χ1n) is 5.23. The average molecular weight is 214 g/mol. The van der Waals surface area contributed by atoms with Crippen LogP contribution in [0.4, 0.5) is 0 Å². The van der Waals surface area contributed by atoms with Crippen molar-refractivity contribution in [1.82, 2.24) is 0 Å². The van der Waals surface area contributed by atoms with Gasteiger partial charge < -0.3 is 14.4 Å². The fourth-order valence-electron chi connectivity index (χ4n) is 1.49. The molecule has 86 valence electrons. The van der Waals surface area contributed by atoms with Crippen LogP contribution in [0.2, 0.25) is 5.82 Å². The van der Waals surface area contributed by atoms with Gasteiger partial charge in [-0.2, -0.15) is 0 Å². The quantitative estimate of drug-likeness (QED) is 0.729. The molecule has 0 amide bonds. The Balaban J connectivity index is 2.66. The number of rotatable bonds is 3. The van der Waals surface area contributed by atoms with E-state index in [9.17, 15) is 4.79 Å². The second-order valence-corrected chi connectivity index (χ2v) is 5.20. The van der Waals surface area contributed by atoms with E-state index < -0.39 is 13.1 Å². The molecule has 4 nitrogen and oxygen atoms in total. The highest BCUT2D eigenvalue weighted by atomic mass is 16.7. The Morgan fingerprint density at radius 1 is 1.27 bits per heavy atom. The number of carbonyl (C=O) groups is 1. The van der Waals surface area contributed by atoms with Gasteiger partial charge in [0.1, 0.15) is 0 Å². The fraction of sp³-hybridized carbons (Fsp3) is 0.900. The van der Waals surface area contributed by atoms with Gasteiger partial charge in [0.15, 0.2) is 0 Å². The summed E-state index contributed by atoms with van der Waals surface area (Å²) in [5, 5.41) is 8.69. The van der Waals surface area contributed by atoms with Crippen molar-refractivity contribution >= 4 is 13.1 Å². The van der Waals surface area contributed by atoms with Crippen LogP contribution in [0.5, 0.6) is 0 Å². The Bertz CT molecular complexity index is 246. The molecule has 0 radical (unpaired) electrons. The molecule has 0 bridgehead atoms. The van der Waals surface area contributed by atoms with Crippen LogP contribution in [-0.2, 0) is 14.1 Å². The molecule has 5 heteroatoms. The molecule has 1 N–H and O–H groups in total. The monoisotopic (exact) mass is 214 g/mol. The van der Waals surface area contributed by atoms with E-state index in [1.165, 1.54) is 0 Å². The smallest absolute Gasteiger partial charge is 0.461 e. The summed E-state index contributed by atoms with van der Waals surface area (Å²) in [7, 11) is -0.425. The molecule has 1 saturated heterocycles. The van der Waals surface area contributed by atoms with Gasteiger partial charge in [0, 0.05) is 12.2 Å². The van der Waals surface area contributed by atoms with Crippen molar-refractivity contribution in [2.45, 2.75) is 58.1 Å². The molecule has 0 spiro atoms. The maximum Gasteiger partial charge on any atom is 0.461 e. The van der Waals surface area contributed by atoms with Crippen molar-refractivity contribution < 1.29 is 19.2 Å². The van der Waals surface area contributed by atoms with Gasteiger partial charge in [-0.1, -0.05) is 6.92 Å². The SMILES string of the molecule is CC(CC(=O)O)B1OC(C)(C)C(C)(C)O1. The van der Waals surface area contributed by atoms with E-state index >= 15 is 0 Å². The molecule has 0 aromatic rings. The minimum absolute atomic E-state index is 0.0663. The van der Waals surface area contributed by atoms with Gasteiger partial charge in [0.25, 0.3) is 0 Å². The highest BCUT2D eigenvalue weighted by molar-refractivity contribution is 6.47. The molecule has 1 aliphatic heterocycles. The minimum atomic E-state index is -0.822. The number of carboxylic acids is 1. The lowest BCUT2D eigenvalue weighted by atomic mass is 9.71. The Hall–Kier alpha value is -0.545. The summed E-state index contributed by atoms with van der Waals surface area (Å²) < 4.78 is 11.5. The van der Waals surface area contributed by atoms with Crippen LogP contribution >= 0.6 is 0 Å². The Labute approximate surface area is 91.1 Å². The zero-order chi connectivity index (χ0) is 11.9. The molecule has 1 rings (SSSR count). The van der Waals surface area contributed by atoms with Gasteiger partial charge in [0.05, 0.1) is 11.2 Å². The van der Waals surface area contributed by atoms with Crippen molar-refractivity contribution in [1.29, 1.82) is 0 Å². The van der Waals surface area contributed by atoms with Crippen LogP contribution in [0.1, 0.15) is 41.0 Å². The maximum absolute atomic E-state index is 10.6. The molecule has 1 unspecified atom stereocenters. The second-order valence-electron chi connectivity index (χ2n) is 5.20. The van der Waals surface area contributed by atoms with E-state index in [0.717, 1.165) is 0 Å². The lowest BCUT2D eigenvalue weighted by molar-refractivity contribution is -0.137. The molecule has 1 heterocycles. The maximum atomic E-state index is 10.6. The molecular formula is C10H19BO4. The van der Waals surface area contributed by atoms with Crippen molar-refractivity contribution in [3.05, 3.63) is 0 Å². The third kappa shape index (κ3) is 2.52. The molecule has 0 aromatic carbocycles. The summed E-state index contributed by atoms with van der Waals surface area (Å²) in [4.78, 5) is 10.6. The number of aliphatic carboxylic acids is 1. The summed E-state index contributed by atoms with van der Waals surface area (Å²) >= 11 is 0. The van der Waals surface area contributed by atoms with Gasteiger partial charge in [-0.25, -0.2) is 0 Å². The number of hydrogen-bond acceptors (Lipinski definition) is 3. The van der Waals surface area contributed by atoms with Crippen molar-refractivity contribution in [2.75, 3.05) is 0 Å². The first-order chi connectivity index (χ1) is 6.66. The van der Waals surface area contributed by atoms with Gasteiger partial charge in [-0.15, -0.1) is 0 Å².